The van der Waals surface area contributed by atoms with Gasteiger partial charge in [0.1, 0.15) is 12.2 Å². The van der Waals surface area contributed by atoms with Crippen molar-refractivity contribution in [3.05, 3.63) is 12.7 Å². The Balaban J connectivity index is 1.88. The van der Waals surface area contributed by atoms with Crippen LogP contribution in [0.15, 0.2) is 12.7 Å². The lowest BCUT2D eigenvalue weighted by atomic mass is 9.49. The van der Waals surface area contributed by atoms with Gasteiger partial charge in [-0.3, -0.25) is 9.59 Å². The predicted octanol–water partition coefficient (Wildman–Crippen LogP) is 4.76. The molecule has 7 heteroatoms. The molecule has 0 saturated heterocycles. The second-order valence-corrected chi connectivity index (χ2v) is 12.7. The van der Waals surface area contributed by atoms with E-state index in [4.69, 9.17) is 18.9 Å². The molecule has 0 aromatic heterocycles. The fourth-order valence-corrected chi connectivity index (χ4v) is 6.15. The fourth-order valence-electron chi connectivity index (χ4n) is 6.15. The van der Waals surface area contributed by atoms with Gasteiger partial charge in [-0.2, -0.15) is 0 Å². The fraction of sp³-hybridized carbons (Fsp3) is 0.815. The molecule has 0 amide bonds. The van der Waals surface area contributed by atoms with Crippen LogP contribution in [0.25, 0.3) is 0 Å². The lowest BCUT2D eigenvalue weighted by Gasteiger charge is -2.55. The van der Waals surface area contributed by atoms with Crippen LogP contribution >= 0.6 is 0 Å². The summed E-state index contributed by atoms with van der Waals surface area (Å²) in [5.74, 6) is 0.172. The predicted molar refractivity (Wildman–Crippen MR) is 127 cm³/mol. The number of carbonyl (C=O) groups is 3. The van der Waals surface area contributed by atoms with Crippen LogP contribution in [0.3, 0.4) is 0 Å². The van der Waals surface area contributed by atoms with Crippen molar-refractivity contribution >= 4 is 17.9 Å². The molecule has 4 bridgehead atoms. The highest BCUT2D eigenvalue weighted by molar-refractivity contribution is 5.82. The average molecular weight is 479 g/mol. The van der Waals surface area contributed by atoms with E-state index in [1.54, 1.807) is 20.8 Å². The standard InChI is InChI=1S/C27H42O7/c1-8-21(28)31-16-27(17-32-24(2,3)4,15-22(29)33-25(5,6)7)34-23(30)26-12-18-9-19(13-26)11-20(10-18)14-26/h8,18-20H,1,9-17H2,2-7H3. The van der Waals surface area contributed by atoms with E-state index in [9.17, 15) is 14.4 Å². The molecule has 192 valence electrons. The normalized spacial score (nSPS) is 29.8. The van der Waals surface area contributed by atoms with Gasteiger partial charge in [0.25, 0.3) is 0 Å². The molecule has 4 aliphatic carbocycles. The second kappa shape index (κ2) is 9.63. The van der Waals surface area contributed by atoms with E-state index in [1.165, 1.54) is 19.3 Å². The maximum atomic E-state index is 13.8. The summed E-state index contributed by atoms with van der Waals surface area (Å²) in [5, 5.41) is 0. The molecule has 4 saturated carbocycles. The summed E-state index contributed by atoms with van der Waals surface area (Å²) in [6.07, 6.45) is 6.83. The van der Waals surface area contributed by atoms with Crippen LogP contribution in [-0.4, -0.2) is 47.9 Å². The van der Waals surface area contributed by atoms with Gasteiger partial charge in [-0.1, -0.05) is 6.58 Å². The molecule has 4 fully saturated rings. The van der Waals surface area contributed by atoms with E-state index < -0.39 is 34.2 Å². The van der Waals surface area contributed by atoms with Crippen LogP contribution in [-0.2, 0) is 33.3 Å². The Labute approximate surface area is 203 Å². The van der Waals surface area contributed by atoms with Crippen molar-refractivity contribution in [2.75, 3.05) is 13.2 Å². The maximum Gasteiger partial charge on any atom is 0.330 e. The molecule has 1 atom stereocenters. The van der Waals surface area contributed by atoms with Gasteiger partial charge in [-0.05, 0) is 97.8 Å². The third-order valence-electron chi connectivity index (χ3n) is 7.08. The van der Waals surface area contributed by atoms with Gasteiger partial charge in [-0.25, -0.2) is 4.79 Å². The molecule has 0 aromatic carbocycles. The van der Waals surface area contributed by atoms with Crippen LogP contribution in [0.2, 0.25) is 0 Å². The first-order valence-corrected chi connectivity index (χ1v) is 12.5. The highest BCUT2D eigenvalue weighted by Gasteiger charge is 2.57. The molecule has 4 aliphatic rings. The summed E-state index contributed by atoms with van der Waals surface area (Å²) in [5.41, 5.74) is -3.29. The number of esters is 3. The lowest BCUT2D eigenvalue weighted by Crippen LogP contribution is -2.55. The molecule has 7 nitrogen and oxygen atoms in total. The summed E-state index contributed by atoms with van der Waals surface area (Å²) >= 11 is 0. The van der Waals surface area contributed by atoms with Gasteiger partial charge in [0.05, 0.1) is 24.0 Å². The molecule has 0 aromatic rings. The number of hydrogen-bond donors (Lipinski definition) is 0. The van der Waals surface area contributed by atoms with Crippen LogP contribution in [0.4, 0.5) is 0 Å². The van der Waals surface area contributed by atoms with Crippen molar-refractivity contribution in [3.8, 4) is 0 Å². The molecule has 0 aliphatic heterocycles. The quantitative estimate of drug-likeness (QED) is 0.268. The SMILES string of the molecule is C=CC(=O)OCC(COC(C)(C)C)(CC(=O)OC(C)(C)C)OC(=O)C12CC3CC(CC(C3)C1)C2. The molecule has 0 spiro atoms. The summed E-state index contributed by atoms with van der Waals surface area (Å²) < 4.78 is 23.1. The topological polar surface area (TPSA) is 88.1 Å². The van der Waals surface area contributed by atoms with Gasteiger partial charge < -0.3 is 18.9 Å². The number of hydrogen-bond acceptors (Lipinski definition) is 7. The Hall–Kier alpha value is -1.89. The largest absolute Gasteiger partial charge is 0.460 e. The molecular formula is C27H42O7. The highest BCUT2D eigenvalue weighted by Crippen LogP contribution is 2.60. The third-order valence-corrected chi connectivity index (χ3v) is 7.08. The summed E-state index contributed by atoms with van der Waals surface area (Å²) in [4.78, 5) is 38.7. The zero-order valence-corrected chi connectivity index (χ0v) is 21.7. The van der Waals surface area contributed by atoms with Crippen molar-refractivity contribution < 1.29 is 33.3 Å². The summed E-state index contributed by atoms with van der Waals surface area (Å²) in [6, 6.07) is 0. The molecular weight excluding hydrogens is 436 g/mol. The average Bonchev–Trinajstić information content (AvgIpc) is 2.67. The van der Waals surface area contributed by atoms with Crippen LogP contribution in [0.1, 0.15) is 86.5 Å². The van der Waals surface area contributed by atoms with E-state index >= 15 is 0 Å². The van der Waals surface area contributed by atoms with Crippen LogP contribution < -0.4 is 0 Å². The summed E-state index contributed by atoms with van der Waals surface area (Å²) in [7, 11) is 0. The van der Waals surface area contributed by atoms with Crippen LogP contribution in [0, 0.1) is 23.2 Å². The van der Waals surface area contributed by atoms with Crippen molar-refractivity contribution in [3.63, 3.8) is 0 Å². The minimum absolute atomic E-state index is 0.0989. The van der Waals surface area contributed by atoms with Crippen molar-refractivity contribution in [2.24, 2.45) is 23.2 Å². The van der Waals surface area contributed by atoms with Crippen molar-refractivity contribution in [1.29, 1.82) is 0 Å². The monoisotopic (exact) mass is 478 g/mol. The minimum Gasteiger partial charge on any atom is -0.460 e. The third kappa shape index (κ3) is 6.83. The number of rotatable bonds is 9. The second-order valence-electron chi connectivity index (χ2n) is 12.7. The first-order chi connectivity index (χ1) is 15.6. The van der Waals surface area contributed by atoms with Gasteiger partial charge in [0.15, 0.2) is 5.60 Å². The van der Waals surface area contributed by atoms with Gasteiger partial charge in [0.2, 0.25) is 0 Å². The zero-order valence-electron chi connectivity index (χ0n) is 21.7. The molecule has 4 rings (SSSR count). The van der Waals surface area contributed by atoms with Crippen molar-refractivity contribution in [1.82, 2.24) is 0 Å². The van der Waals surface area contributed by atoms with E-state index in [-0.39, 0.29) is 25.6 Å². The highest BCUT2D eigenvalue weighted by atomic mass is 16.6. The zero-order chi connectivity index (χ0) is 25.4. The summed E-state index contributed by atoms with van der Waals surface area (Å²) in [6.45, 7) is 14.0. The first-order valence-electron chi connectivity index (χ1n) is 12.5. The van der Waals surface area contributed by atoms with E-state index in [0.29, 0.717) is 17.8 Å². The Morgan fingerprint density at radius 3 is 1.82 bits per heavy atom. The molecule has 0 radical (unpaired) electrons. The van der Waals surface area contributed by atoms with Gasteiger partial charge >= 0.3 is 17.9 Å². The Morgan fingerprint density at radius 2 is 1.38 bits per heavy atom. The maximum absolute atomic E-state index is 13.8. The Bertz CT molecular complexity index is 765. The van der Waals surface area contributed by atoms with Crippen LogP contribution in [0.5, 0.6) is 0 Å². The molecule has 0 heterocycles. The lowest BCUT2D eigenvalue weighted by molar-refractivity contribution is -0.210. The Kier molecular flexibility index (Phi) is 7.57. The molecule has 34 heavy (non-hydrogen) atoms. The van der Waals surface area contributed by atoms with E-state index in [1.807, 2.05) is 20.8 Å². The van der Waals surface area contributed by atoms with E-state index in [2.05, 4.69) is 6.58 Å². The number of ether oxygens (including phenoxy) is 4. The van der Waals surface area contributed by atoms with Gasteiger partial charge in [0, 0.05) is 6.08 Å². The number of carbonyl (C=O) groups excluding carboxylic acids is 3. The smallest absolute Gasteiger partial charge is 0.330 e. The van der Waals surface area contributed by atoms with Gasteiger partial charge in [-0.15, -0.1) is 0 Å². The first kappa shape index (κ1) is 26.7. The molecule has 1 unspecified atom stereocenters. The Morgan fingerprint density at radius 1 is 0.853 bits per heavy atom. The minimum atomic E-state index is -1.49. The van der Waals surface area contributed by atoms with Crippen molar-refractivity contribution in [2.45, 2.75) is 103 Å². The molecule has 0 N–H and O–H groups in total. The van der Waals surface area contributed by atoms with E-state index in [0.717, 1.165) is 25.3 Å².